The lowest BCUT2D eigenvalue weighted by atomic mass is 9.94. The van der Waals surface area contributed by atoms with Crippen molar-refractivity contribution in [1.82, 2.24) is 4.98 Å². The third kappa shape index (κ3) is 4.35. The van der Waals surface area contributed by atoms with E-state index in [-0.39, 0.29) is 5.60 Å². The van der Waals surface area contributed by atoms with Gasteiger partial charge in [0.05, 0.1) is 11.2 Å². The van der Waals surface area contributed by atoms with E-state index in [1.807, 2.05) is 60.7 Å². The minimum Gasteiger partial charge on any atom is -0.487 e. The summed E-state index contributed by atoms with van der Waals surface area (Å²) < 4.78 is 12.3. The Morgan fingerprint density at radius 1 is 0.875 bits per heavy atom. The van der Waals surface area contributed by atoms with Gasteiger partial charge in [-0.15, -0.1) is 0 Å². The predicted molar refractivity (Wildman–Crippen MR) is 131 cm³/mol. The molecule has 2 heterocycles. The van der Waals surface area contributed by atoms with Crippen molar-refractivity contribution >= 4 is 33.8 Å². The summed E-state index contributed by atoms with van der Waals surface area (Å²) in [5, 5.41) is 1.85. The minimum absolute atomic E-state index is 0.249. The molecule has 1 aromatic heterocycles. The van der Waals surface area contributed by atoms with Crippen molar-refractivity contribution in [2.75, 3.05) is 0 Å². The van der Waals surface area contributed by atoms with Crippen LogP contribution in [-0.4, -0.2) is 10.6 Å². The van der Waals surface area contributed by atoms with Crippen LogP contribution in [0.15, 0.2) is 84.9 Å². The summed E-state index contributed by atoms with van der Waals surface area (Å²) in [6.45, 7) is 4.66. The zero-order valence-electron chi connectivity index (χ0n) is 18.1. The van der Waals surface area contributed by atoms with Crippen LogP contribution in [0.4, 0.5) is 0 Å². The van der Waals surface area contributed by atoms with Crippen LogP contribution >= 0.6 is 11.6 Å². The van der Waals surface area contributed by atoms with Gasteiger partial charge in [0, 0.05) is 28.0 Å². The fraction of sp³-hybridized carbons (Fsp3) is 0.179. The maximum Gasteiger partial charge on any atom is 0.131 e. The number of nitrogens with zero attached hydrogens (tertiary/aromatic N) is 1. The van der Waals surface area contributed by atoms with Gasteiger partial charge in [-0.05, 0) is 67.9 Å². The Bertz CT molecular complexity index is 1290. The van der Waals surface area contributed by atoms with Crippen LogP contribution in [0.25, 0.3) is 22.2 Å². The van der Waals surface area contributed by atoms with Crippen molar-refractivity contribution in [3.05, 3.63) is 107 Å². The van der Waals surface area contributed by atoms with Gasteiger partial charge < -0.3 is 9.47 Å². The van der Waals surface area contributed by atoms with Gasteiger partial charge in [0.25, 0.3) is 0 Å². The van der Waals surface area contributed by atoms with Crippen molar-refractivity contribution in [1.29, 1.82) is 0 Å². The van der Waals surface area contributed by atoms with E-state index in [1.54, 1.807) is 0 Å². The summed E-state index contributed by atoms with van der Waals surface area (Å²) in [7, 11) is 0. The van der Waals surface area contributed by atoms with Gasteiger partial charge in [0.2, 0.25) is 0 Å². The summed E-state index contributed by atoms with van der Waals surface area (Å²) in [6, 6.07) is 28.2. The highest BCUT2D eigenvalue weighted by atomic mass is 35.5. The number of pyridine rings is 1. The van der Waals surface area contributed by atoms with Crippen LogP contribution < -0.4 is 4.74 Å². The smallest absolute Gasteiger partial charge is 0.131 e. The van der Waals surface area contributed by atoms with E-state index < -0.39 is 0 Å². The van der Waals surface area contributed by atoms with Crippen molar-refractivity contribution in [2.45, 2.75) is 32.5 Å². The van der Waals surface area contributed by atoms with Gasteiger partial charge in [-0.3, -0.25) is 0 Å². The van der Waals surface area contributed by atoms with Crippen molar-refractivity contribution < 1.29 is 9.47 Å². The van der Waals surface area contributed by atoms with Crippen LogP contribution in [-0.2, 0) is 11.3 Å². The number of aromatic nitrogens is 1. The van der Waals surface area contributed by atoms with Crippen LogP contribution in [0.2, 0.25) is 5.02 Å². The highest BCUT2D eigenvalue weighted by molar-refractivity contribution is 6.30. The van der Waals surface area contributed by atoms with Gasteiger partial charge in [-0.25, -0.2) is 4.98 Å². The Morgan fingerprint density at radius 3 is 2.38 bits per heavy atom. The third-order valence-corrected chi connectivity index (χ3v) is 5.86. The molecule has 0 bridgehead atoms. The molecule has 1 aliphatic heterocycles. The van der Waals surface area contributed by atoms with Crippen molar-refractivity contribution in [3.63, 3.8) is 0 Å². The van der Waals surface area contributed by atoms with Gasteiger partial charge >= 0.3 is 0 Å². The first kappa shape index (κ1) is 20.6. The second-order valence-corrected chi connectivity index (χ2v) is 9.10. The molecular weight excluding hydrogens is 418 g/mol. The lowest BCUT2D eigenvalue weighted by Crippen LogP contribution is -2.17. The van der Waals surface area contributed by atoms with Crippen molar-refractivity contribution in [3.8, 4) is 5.75 Å². The predicted octanol–water partition coefficient (Wildman–Crippen LogP) is 7.53. The summed E-state index contributed by atoms with van der Waals surface area (Å²) in [5.74, 6) is 1.73. The number of benzene rings is 3. The van der Waals surface area contributed by atoms with Gasteiger partial charge in [0.1, 0.15) is 23.7 Å². The Kier molecular flexibility index (Phi) is 5.36. The van der Waals surface area contributed by atoms with E-state index in [9.17, 15) is 0 Å². The standard InChI is InChI=1S/C28H24ClNO2/c1-28(2)17-25(27(32-28)21-7-12-22(29)13-8-21)19-10-15-24(16-11-19)31-18-23-14-9-20-5-3-4-6-26(20)30-23/h3-16H,17-18H2,1-2H3. The molecule has 32 heavy (non-hydrogen) atoms. The number of halogens is 1. The topological polar surface area (TPSA) is 31.4 Å². The molecule has 4 heteroatoms. The third-order valence-electron chi connectivity index (χ3n) is 5.61. The normalized spacial score (nSPS) is 15.1. The molecule has 0 saturated heterocycles. The molecule has 0 N–H and O–H groups in total. The quantitative estimate of drug-likeness (QED) is 0.320. The molecule has 160 valence electrons. The van der Waals surface area contributed by atoms with Crippen LogP contribution in [0.3, 0.4) is 0 Å². The molecule has 3 aromatic carbocycles. The molecular formula is C28H24ClNO2. The van der Waals surface area contributed by atoms with Crippen molar-refractivity contribution in [2.24, 2.45) is 0 Å². The van der Waals surface area contributed by atoms with E-state index >= 15 is 0 Å². The van der Waals surface area contributed by atoms with Crippen LogP contribution in [0, 0.1) is 0 Å². The monoisotopic (exact) mass is 441 g/mol. The number of rotatable bonds is 5. The van der Waals surface area contributed by atoms with Crippen LogP contribution in [0.5, 0.6) is 5.75 Å². The fourth-order valence-electron chi connectivity index (χ4n) is 4.05. The number of hydrogen-bond acceptors (Lipinski definition) is 3. The Balaban J connectivity index is 1.35. The summed E-state index contributed by atoms with van der Waals surface area (Å²) >= 11 is 6.07. The number of fused-ring (bicyclic) bond motifs is 1. The molecule has 0 amide bonds. The first-order chi connectivity index (χ1) is 15.5. The first-order valence-corrected chi connectivity index (χ1v) is 11.1. The SMILES string of the molecule is CC1(C)CC(c2ccc(OCc3ccc4ccccc4n3)cc2)=C(c2ccc(Cl)cc2)O1. The maximum absolute atomic E-state index is 6.31. The maximum atomic E-state index is 6.31. The molecule has 0 radical (unpaired) electrons. The minimum atomic E-state index is -0.249. The highest BCUT2D eigenvalue weighted by Crippen LogP contribution is 2.44. The highest BCUT2D eigenvalue weighted by Gasteiger charge is 2.33. The van der Waals surface area contributed by atoms with E-state index in [2.05, 4.69) is 43.1 Å². The van der Waals surface area contributed by atoms with E-state index in [4.69, 9.17) is 21.1 Å². The second kappa shape index (κ2) is 8.33. The summed E-state index contributed by atoms with van der Waals surface area (Å²) in [4.78, 5) is 4.68. The Morgan fingerprint density at radius 2 is 1.59 bits per heavy atom. The largest absolute Gasteiger partial charge is 0.487 e. The fourth-order valence-corrected chi connectivity index (χ4v) is 4.17. The van der Waals surface area contributed by atoms with Gasteiger partial charge in [-0.2, -0.15) is 0 Å². The Labute approximate surface area is 193 Å². The van der Waals surface area contributed by atoms with Gasteiger partial charge in [-0.1, -0.05) is 48.0 Å². The van der Waals surface area contributed by atoms with E-state index in [1.165, 1.54) is 5.57 Å². The number of ether oxygens (including phenoxy) is 2. The molecule has 1 aliphatic rings. The summed E-state index contributed by atoms with van der Waals surface area (Å²) in [5.41, 5.74) is 5.01. The average molecular weight is 442 g/mol. The van der Waals surface area contributed by atoms with Gasteiger partial charge in [0.15, 0.2) is 0 Å². The zero-order valence-corrected chi connectivity index (χ0v) is 18.9. The molecule has 0 unspecified atom stereocenters. The Hall–Kier alpha value is -3.30. The average Bonchev–Trinajstić information content (AvgIpc) is 3.14. The van der Waals surface area contributed by atoms with E-state index in [0.717, 1.165) is 50.7 Å². The van der Waals surface area contributed by atoms with E-state index in [0.29, 0.717) is 6.61 Å². The first-order valence-electron chi connectivity index (χ1n) is 10.7. The molecule has 0 saturated carbocycles. The zero-order chi connectivity index (χ0) is 22.1. The second-order valence-electron chi connectivity index (χ2n) is 8.66. The molecule has 0 fully saturated rings. The summed E-state index contributed by atoms with van der Waals surface area (Å²) in [6.07, 6.45) is 0.839. The molecule has 0 spiro atoms. The number of hydrogen-bond donors (Lipinski definition) is 0. The molecule has 0 aliphatic carbocycles. The molecule has 3 nitrogen and oxygen atoms in total. The molecule has 0 atom stereocenters. The molecule has 5 rings (SSSR count). The molecule has 4 aromatic rings. The lowest BCUT2D eigenvalue weighted by Gasteiger charge is -2.19. The number of para-hydroxylation sites is 1. The van der Waals surface area contributed by atoms with Crippen LogP contribution in [0.1, 0.15) is 37.1 Å². The lowest BCUT2D eigenvalue weighted by molar-refractivity contribution is 0.101.